The minimum atomic E-state index is -0.356. The summed E-state index contributed by atoms with van der Waals surface area (Å²) in [7, 11) is 0. The molecule has 1 unspecified atom stereocenters. The average molecular weight is 406 g/mol. The lowest BCUT2D eigenvalue weighted by molar-refractivity contribution is -0.124. The number of ether oxygens (including phenoxy) is 1. The van der Waals surface area contributed by atoms with Gasteiger partial charge in [-0.15, -0.1) is 0 Å². The van der Waals surface area contributed by atoms with Crippen molar-refractivity contribution in [2.24, 2.45) is 5.41 Å². The van der Waals surface area contributed by atoms with Crippen molar-refractivity contribution in [1.29, 1.82) is 0 Å². The summed E-state index contributed by atoms with van der Waals surface area (Å²) in [5.41, 5.74) is 1.43. The summed E-state index contributed by atoms with van der Waals surface area (Å²) in [5.74, 6) is 0.124. The molecule has 0 saturated carbocycles. The van der Waals surface area contributed by atoms with Gasteiger partial charge in [0, 0.05) is 11.8 Å². The first-order valence-electron chi connectivity index (χ1n) is 9.75. The number of nitrogens with one attached hydrogen (secondary N) is 2. The maximum atomic E-state index is 12.5. The van der Waals surface area contributed by atoms with Gasteiger partial charge < -0.3 is 19.8 Å². The normalized spacial score (nSPS) is 12.1. The summed E-state index contributed by atoms with van der Waals surface area (Å²) in [6.45, 7) is 6.11. The van der Waals surface area contributed by atoms with Crippen LogP contribution in [0.5, 0.6) is 5.75 Å². The lowest BCUT2D eigenvalue weighted by Crippen LogP contribution is -2.39. The highest BCUT2D eigenvalue weighted by Gasteiger charge is 2.27. The molecule has 0 aliphatic rings. The molecule has 156 valence electrons. The van der Waals surface area contributed by atoms with Crippen molar-refractivity contribution in [3.05, 3.63) is 84.3 Å². The van der Waals surface area contributed by atoms with Gasteiger partial charge in [0.2, 0.25) is 0 Å². The number of rotatable bonds is 7. The first-order chi connectivity index (χ1) is 14.3. The second-order valence-corrected chi connectivity index (χ2v) is 8.03. The van der Waals surface area contributed by atoms with E-state index in [4.69, 9.17) is 9.15 Å². The van der Waals surface area contributed by atoms with E-state index in [2.05, 4.69) is 31.4 Å². The highest BCUT2D eigenvalue weighted by Crippen LogP contribution is 2.32. The van der Waals surface area contributed by atoms with Gasteiger partial charge in [-0.3, -0.25) is 9.59 Å². The van der Waals surface area contributed by atoms with Crippen LogP contribution in [0.4, 0.5) is 5.69 Å². The van der Waals surface area contributed by atoms with Crippen molar-refractivity contribution in [2.45, 2.75) is 26.8 Å². The Morgan fingerprint density at radius 1 is 1.00 bits per heavy atom. The Bertz CT molecular complexity index is 976. The minimum Gasteiger partial charge on any atom is -0.484 e. The van der Waals surface area contributed by atoms with E-state index in [1.54, 1.807) is 36.4 Å². The zero-order valence-electron chi connectivity index (χ0n) is 17.3. The molecule has 0 saturated heterocycles. The van der Waals surface area contributed by atoms with Gasteiger partial charge in [0.05, 0.1) is 12.3 Å². The maximum absolute atomic E-state index is 12.5. The number of anilines is 1. The molecule has 3 aromatic rings. The van der Waals surface area contributed by atoms with Crippen molar-refractivity contribution in [3.63, 3.8) is 0 Å². The Morgan fingerprint density at radius 2 is 1.77 bits per heavy atom. The summed E-state index contributed by atoms with van der Waals surface area (Å²) in [5, 5.41) is 5.80. The van der Waals surface area contributed by atoms with Crippen LogP contribution in [-0.4, -0.2) is 18.4 Å². The zero-order valence-corrected chi connectivity index (χ0v) is 17.3. The molecule has 0 fully saturated rings. The zero-order chi connectivity index (χ0) is 21.6. The molecule has 1 atom stereocenters. The molecule has 1 heterocycles. The van der Waals surface area contributed by atoms with Gasteiger partial charge in [-0.1, -0.05) is 57.2 Å². The molecule has 0 radical (unpaired) electrons. The van der Waals surface area contributed by atoms with Crippen LogP contribution in [0.2, 0.25) is 0 Å². The van der Waals surface area contributed by atoms with E-state index in [1.165, 1.54) is 6.26 Å². The van der Waals surface area contributed by atoms with E-state index in [0.717, 1.165) is 5.56 Å². The van der Waals surface area contributed by atoms with Gasteiger partial charge in [-0.25, -0.2) is 0 Å². The third kappa shape index (κ3) is 5.73. The average Bonchev–Trinajstić information content (AvgIpc) is 3.26. The van der Waals surface area contributed by atoms with E-state index < -0.39 is 0 Å². The molecule has 2 N–H and O–H groups in total. The summed E-state index contributed by atoms with van der Waals surface area (Å²) in [6, 6.07) is 19.8. The molecule has 0 aliphatic heterocycles. The van der Waals surface area contributed by atoms with Gasteiger partial charge >= 0.3 is 0 Å². The first-order valence-corrected chi connectivity index (χ1v) is 9.75. The molecule has 3 rings (SSSR count). The van der Waals surface area contributed by atoms with Crippen LogP contribution in [0.1, 0.15) is 42.9 Å². The Kier molecular flexibility index (Phi) is 6.57. The molecule has 0 aliphatic carbocycles. The summed E-state index contributed by atoms with van der Waals surface area (Å²) in [6.07, 6.45) is 1.44. The molecule has 0 spiro atoms. The van der Waals surface area contributed by atoms with E-state index >= 15 is 0 Å². The highest BCUT2D eigenvalue weighted by molar-refractivity contribution is 6.02. The standard InChI is InChI=1S/C24H26N2O4/c1-24(2,3)22(17-9-5-4-6-10-17)26-21(27)16-30-19-12-7-11-18(15-19)25-23(28)20-13-8-14-29-20/h4-15,22H,16H2,1-3H3,(H,25,28)(H,26,27). The summed E-state index contributed by atoms with van der Waals surface area (Å²) in [4.78, 5) is 24.6. The summed E-state index contributed by atoms with van der Waals surface area (Å²) < 4.78 is 10.7. The lowest BCUT2D eigenvalue weighted by Gasteiger charge is -2.32. The second kappa shape index (κ2) is 9.31. The van der Waals surface area contributed by atoms with Gasteiger partial charge in [0.15, 0.2) is 12.4 Å². The second-order valence-electron chi connectivity index (χ2n) is 8.03. The van der Waals surface area contributed by atoms with Gasteiger partial charge in [-0.05, 0) is 35.2 Å². The molecular weight excluding hydrogens is 380 g/mol. The van der Waals surface area contributed by atoms with E-state index in [-0.39, 0.29) is 35.6 Å². The van der Waals surface area contributed by atoms with Crippen LogP contribution in [0.15, 0.2) is 77.4 Å². The van der Waals surface area contributed by atoms with Crippen LogP contribution >= 0.6 is 0 Å². The Hall–Kier alpha value is -3.54. The van der Waals surface area contributed by atoms with E-state index in [0.29, 0.717) is 11.4 Å². The van der Waals surface area contributed by atoms with Crippen molar-refractivity contribution in [2.75, 3.05) is 11.9 Å². The first kappa shape index (κ1) is 21.2. The number of amides is 2. The number of furan rings is 1. The molecule has 6 nitrogen and oxygen atoms in total. The van der Waals surface area contributed by atoms with Gasteiger partial charge in [0.25, 0.3) is 11.8 Å². The molecule has 0 bridgehead atoms. The third-order valence-corrected chi connectivity index (χ3v) is 4.51. The van der Waals surface area contributed by atoms with Gasteiger partial charge in [-0.2, -0.15) is 0 Å². The minimum absolute atomic E-state index is 0.130. The number of benzene rings is 2. The SMILES string of the molecule is CC(C)(C)C(NC(=O)COc1cccc(NC(=O)c2ccco2)c1)c1ccccc1. The Morgan fingerprint density at radius 3 is 2.43 bits per heavy atom. The monoisotopic (exact) mass is 406 g/mol. The quantitative estimate of drug-likeness (QED) is 0.590. The van der Waals surface area contributed by atoms with Crippen LogP contribution in [0.3, 0.4) is 0 Å². The highest BCUT2D eigenvalue weighted by atomic mass is 16.5. The van der Waals surface area contributed by atoms with Crippen molar-refractivity contribution in [1.82, 2.24) is 5.32 Å². The fourth-order valence-electron chi connectivity index (χ4n) is 3.06. The molecule has 6 heteroatoms. The van der Waals surface area contributed by atoms with Crippen LogP contribution in [0.25, 0.3) is 0 Å². The number of carbonyl (C=O) groups excluding carboxylic acids is 2. The van der Waals surface area contributed by atoms with Crippen molar-refractivity contribution >= 4 is 17.5 Å². The Labute approximate surface area is 176 Å². The third-order valence-electron chi connectivity index (χ3n) is 4.51. The van der Waals surface area contributed by atoms with E-state index in [1.807, 2.05) is 30.3 Å². The largest absolute Gasteiger partial charge is 0.484 e. The van der Waals surface area contributed by atoms with Crippen LogP contribution < -0.4 is 15.4 Å². The predicted molar refractivity (Wildman–Crippen MR) is 115 cm³/mol. The van der Waals surface area contributed by atoms with Crippen LogP contribution in [-0.2, 0) is 4.79 Å². The lowest BCUT2D eigenvalue weighted by atomic mass is 9.82. The predicted octanol–water partition coefficient (Wildman–Crippen LogP) is 4.81. The smallest absolute Gasteiger partial charge is 0.291 e. The molecular formula is C24H26N2O4. The topological polar surface area (TPSA) is 80.6 Å². The molecule has 30 heavy (non-hydrogen) atoms. The molecule has 1 aromatic heterocycles. The number of carbonyl (C=O) groups is 2. The molecule has 2 aromatic carbocycles. The fourth-order valence-corrected chi connectivity index (χ4v) is 3.06. The molecule has 2 amide bonds. The summed E-state index contributed by atoms with van der Waals surface area (Å²) >= 11 is 0. The van der Waals surface area contributed by atoms with E-state index in [9.17, 15) is 9.59 Å². The number of hydrogen-bond donors (Lipinski definition) is 2. The Balaban J connectivity index is 1.59. The maximum Gasteiger partial charge on any atom is 0.291 e. The van der Waals surface area contributed by atoms with Crippen molar-refractivity contribution in [3.8, 4) is 5.75 Å². The van der Waals surface area contributed by atoms with Crippen molar-refractivity contribution < 1.29 is 18.7 Å². The van der Waals surface area contributed by atoms with Crippen LogP contribution in [0, 0.1) is 5.41 Å². The fraction of sp³-hybridized carbons (Fsp3) is 0.250. The van der Waals surface area contributed by atoms with Gasteiger partial charge in [0.1, 0.15) is 5.75 Å². The number of hydrogen-bond acceptors (Lipinski definition) is 4.